The zero-order chi connectivity index (χ0) is 16.8. The maximum atomic E-state index is 12.8. The highest BCUT2D eigenvalue weighted by atomic mass is 19.4. The molecule has 0 aromatic heterocycles. The molecule has 0 saturated carbocycles. The summed E-state index contributed by atoms with van der Waals surface area (Å²) in [5, 5.41) is 3.34. The number of halogens is 6. The second-order valence-electron chi connectivity index (χ2n) is 6.09. The number of hydrogen-bond donors (Lipinski definition) is 1. The van der Waals surface area contributed by atoms with Crippen LogP contribution in [0.4, 0.5) is 26.3 Å². The Morgan fingerprint density at radius 2 is 1.30 bits per heavy atom. The normalized spacial score (nSPS) is 28.0. The van der Waals surface area contributed by atoms with E-state index in [2.05, 4.69) is 5.32 Å². The van der Waals surface area contributed by atoms with E-state index < -0.39 is 23.5 Å². The second-order valence-corrected chi connectivity index (χ2v) is 6.09. The van der Waals surface area contributed by atoms with Crippen molar-refractivity contribution < 1.29 is 31.1 Å². The number of nitrogens with one attached hydrogen (secondary N) is 1. The summed E-state index contributed by atoms with van der Waals surface area (Å²) in [5.74, 6) is -0.376. The molecule has 1 N–H and O–H groups in total. The zero-order valence-electron chi connectivity index (χ0n) is 12.0. The summed E-state index contributed by atoms with van der Waals surface area (Å²) in [6.45, 7) is 0. The predicted molar refractivity (Wildman–Crippen MR) is 70.0 cm³/mol. The molecule has 2 nitrogen and oxygen atoms in total. The molecule has 23 heavy (non-hydrogen) atoms. The lowest BCUT2D eigenvalue weighted by Crippen LogP contribution is -2.42. The standard InChI is InChI=1S/C15H15F6NO/c16-14(17,18)8-3-9(15(19,20)21)5-12(4-8)23-13-6-10-1-2-11(7-13)22-10/h3-5,10-11,13,22H,1-2,6-7H2. The van der Waals surface area contributed by atoms with Crippen LogP contribution in [-0.2, 0) is 12.4 Å². The lowest BCUT2D eigenvalue weighted by Gasteiger charge is -2.30. The van der Waals surface area contributed by atoms with Crippen LogP contribution in [0.2, 0.25) is 0 Å². The summed E-state index contributed by atoms with van der Waals surface area (Å²) in [6.07, 6.45) is -6.97. The zero-order valence-corrected chi connectivity index (χ0v) is 12.0. The van der Waals surface area contributed by atoms with Crippen LogP contribution < -0.4 is 10.1 Å². The van der Waals surface area contributed by atoms with Crippen LogP contribution in [0.1, 0.15) is 36.8 Å². The largest absolute Gasteiger partial charge is 0.490 e. The molecule has 2 unspecified atom stereocenters. The van der Waals surface area contributed by atoms with Crippen molar-refractivity contribution in [1.29, 1.82) is 0 Å². The molecule has 0 aliphatic carbocycles. The van der Waals surface area contributed by atoms with Gasteiger partial charge in [0.15, 0.2) is 0 Å². The fraction of sp³-hybridized carbons (Fsp3) is 0.600. The maximum Gasteiger partial charge on any atom is 0.416 e. The summed E-state index contributed by atoms with van der Waals surface area (Å²) in [7, 11) is 0. The second kappa shape index (κ2) is 5.58. The molecule has 2 heterocycles. The van der Waals surface area contributed by atoms with E-state index >= 15 is 0 Å². The average molecular weight is 339 g/mol. The van der Waals surface area contributed by atoms with Gasteiger partial charge in [-0.05, 0) is 43.9 Å². The minimum absolute atomic E-state index is 0.110. The molecular weight excluding hydrogens is 324 g/mol. The average Bonchev–Trinajstić information content (AvgIpc) is 2.75. The van der Waals surface area contributed by atoms with Gasteiger partial charge in [0.2, 0.25) is 0 Å². The highest BCUT2D eigenvalue weighted by molar-refractivity contribution is 5.37. The van der Waals surface area contributed by atoms with Crippen LogP contribution in [0.15, 0.2) is 18.2 Å². The summed E-state index contributed by atoms with van der Waals surface area (Å²) in [5.41, 5.74) is -2.70. The topological polar surface area (TPSA) is 21.3 Å². The van der Waals surface area contributed by atoms with Gasteiger partial charge in [0, 0.05) is 12.1 Å². The number of piperidine rings is 1. The molecule has 0 spiro atoms. The molecule has 2 aliphatic rings. The summed E-state index contributed by atoms with van der Waals surface area (Å²) in [6, 6.07) is 1.84. The van der Waals surface area contributed by atoms with Crippen molar-refractivity contribution in [3.05, 3.63) is 29.3 Å². The Labute approximate surface area is 128 Å². The first-order chi connectivity index (χ1) is 10.6. The van der Waals surface area contributed by atoms with E-state index in [9.17, 15) is 26.3 Å². The van der Waals surface area contributed by atoms with Crippen molar-refractivity contribution in [3.63, 3.8) is 0 Å². The lowest BCUT2D eigenvalue weighted by molar-refractivity contribution is -0.143. The number of rotatable bonds is 2. The number of fused-ring (bicyclic) bond motifs is 2. The quantitative estimate of drug-likeness (QED) is 0.807. The number of alkyl halides is 6. The van der Waals surface area contributed by atoms with E-state index in [1.54, 1.807) is 0 Å². The van der Waals surface area contributed by atoms with Gasteiger partial charge in [0.1, 0.15) is 11.9 Å². The molecular formula is C15H15F6NO. The van der Waals surface area contributed by atoms with E-state index in [0.29, 0.717) is 25.0 Å². The van der Waals surface area contributed by atoms with Crippen molar-refractivity contribution >= 4 is 0 Å². The highest BCUT2D eigenvalue weighted by Gasteiger charge is 2.38. The summed E-state index contributed by atoms with van der Waals surface area (Å²) < 4.78 is 82.4. The van der Waals surface area contributed by atoms with Crippen LogP contribution in [-0.4, -0.2) is 18.2 Å². The van der Waals surface area contributed by atoms with Crippen molar-refractivity contribution in [2.45, 2.75) is 56.2 Å². The maximum absolute atomic E-state index is 12.8. The van der Waals surface area contributed by atoms with Gasteiger partial charge >= 0.3 is 12.4 Å². The fourth-order valence-electron chi connectivity index (χ4n) is 3.29. The van der Waals surface area contributed by atoms with Gasteiger partial charge in [-0.1, -0.05) is 0 Å². The molecule has 2 bridgehead atoms. The van der Waals surface area contributed by atoms with E-state index in [-0.39, 0.29) is 30.0 Å². The first-order valence-electron chi connectivity index (χ1n) is 7.33. The number of ether oxygens (including phenoxy) is 1. The van der Waals surface area contributed by atoms with Crippen LogP contribution in [0.5, 0.6) is 5.75 Å². The van der Waals surface area contributed by atoms with Crippen molar-refractivity contribution in [3.8, 4) is 5.75 Å². The van der Waals surface area contributed by atoms with Gasteiger partial charge in [-0.25, -0.2) is 0 Å². The first-order valence-corrected chi connectivity index (χ1v) is 7.33. The molecule has 8 heteroatoms. The summed E-state index contributed by atoms with van der Waals surface area (Å²) in [4.78, 5) is 0. The molecule has 0 radical (unpaired) electrons. The van der Waals surface area contributed by atoms with E-state index in [1.807, 2.05) is 0 Å². The molecule has 0 amide bonds. The monoisotopic (exact) mass is 339 g/mol. The van der Waals surface area contributed by atoms with Gasteiger partial charge in [-0.2, -0.15) is 26.3 Å². The molecule has 2 atom stereocenters. The SMILES string of the molecule is FC(F)(F)c1cc(OC2CC3CCC(C2)N3)cc(C(F)(F)F)c1. The summed E-state index contributed by atoms with van der Waals surface area (Å²) >= 11 is 0. The highest BCUT2D eigenvalue weighted by Crippen LogP contribution is 2.39. The first kappa shape index (κ1) is 16.4. The van der Waals surface area contributed by atoms with Crippen molar-refractivity contribution in [1.82, 2.24) is 5.32 Å². The number of hydrogen-bond acceptors (Lipinski definition) is 2. The Morgan fingerprint density at radius 1 is 0.826 bits per heavy atom. The Kier molecular flexibility index (Phi) is 3.98. The lowest BCUT2D eigenvalue weighted by atomic mass is 10.0. The van der Waals surface area contributed by atoms with Crippen LogP contribution in [0.3, 0.4) is 0 Å². The predicted octanol–water partition coefficient (Wildman–Crippen LogP) is 4.39. The molecule has 1 aromatic carbocycles. The number of benzene rings is 1. The van der Waals surface area contributed by atoms with Crippen molar-refractivity contribution in [2.75, 3.05) is 0 Å². The van der Waals surface area contributed by atoms with Gasteiger partial charge in [-0.3, -0.25) is 0 Å². The third-order valence-electron chi connectivity index (χ3n) is 4.29. The van der Waals surface area contributed by atoms with Crippen LogP contribution in [0.25, 0.3) is 0 Å². The molecule has 3 rings (SSSR count). The molecule has 2 saturated heterocycles. The Morgan fingerprint density at radius 3 is 1.74 bits per heavy atom. The molecule has 1 aromatic rings. The van der Waals surface area contributed by atoms with Crippen LogP contribution >= 0.6 is 0 Å². The van der Waals surface area contributed by atoms with E-state index in [0.717, 1.165) is 12.8 Å². The van der Waals surface area contributed by atoms with E-state index in [4.69, 9.17) is 4.74 Å². The van der Waals surface area contributed by atoms with Crippen molar-refractivity contribution in [2.24, 2.45) is 0 Å². The molecule has 128 valence electrons. The fourth-order valence-corrected chi connectivity index (χ4v) is 3.29. The van der Waals surface area contributed by atoms with Crippen LogP contribution in [0, 0.1) is 0 Å². The molecule has 2 aliphatic heterocycles. The molecule has 2 fully saturated rings. The Balaban J connectivity index is 1.86. The van der Waals surface area contributed by atoms with E-state index in [1.165, 1.54) is 0 Å². The Bertz CT molecular complexity index is 538. The smallest absolute Gasteiger partial charge is 0.416 e. The minimum atomic E-state index is -4.85. The van der Waals surface area contributed by atoms with Gasteiger partial charge in [0.05, 0.1) is 11.1 Å². The third kappa shape index (κ3) is 3.73. The van der Waals surface area contributed by atoms with Gasteiger partial charge in [0.25, 0.3) is 0 Å². The third-order valence-corrected chi connectivity index (χ3v) is 4.29. The Hall–Kier alpha value is -1.44. The van der Waals surface area contributed by atoms with Gasteiger partial charge in [-0.15, -0.1) is 0 Å². The van der Waals surface area contributed by atoms with Gasteiger partial charge < -0.3 is 10.1 Å². The minimum Gasteiger partial charge on any atom is -0.490 e.